The molecular weight excluding hydrogens is 176 g/mol. The molecule has 0 radical (unpaired) electrons. The van der Waals surface area contributed by atoms with Crippen LogP contribution in [-0.2, 0) is 4.79 Å². The van der Waals surface area contributed by atoms with Crippen LogP contribution >= 0.6 is 0 Å². The highest BCUT2D eigenvalue weighted by molar-refractivity contribution is 5.81. The van der Waals surface area contributed by atoms with Gasteiger partial charge in [-0.25, -0.2) is 0 Å². The number of nitrogens with two attached hydrogens (primary N) is 1. The summed E-state index contributed by atoms with van der Waals surface area (Å²) in [4.78, 5) is 13.5. The van der Waals surface area contributed by atoms with Gasteiger partial charge in [0.15, 0.2) is 0 Å². The second kappa shape index (κ2) is 6.44. The Bertz CT molecular complexity index is 218. The molecule has 0 aromatic heterocycles. The van der Waals surface area contributed by atoms with Gasteiger partial charge in [0.2, 0.25) is 5.91 Å². The van der Waals surface area contributed by atoms with Crippen LogP contribution in [0.25, 0.3) is 0 Å². The molecule has 0 fully saturated rings. The highest BCUT2D eigenvalue weighted by atomic mass is 16.2. The number of terminal acetylenes is 1. The van der Waals surface area contributed by atoms with Gasteiger partial charge in [0, 0.05) is 19.5 Å². The van der Waals surface area contributed by atoms with Crippen LogP contribution in [0.3, 0.4) is 0 Å². The molecule has 80 valence electrons. The van der Waals surface area contributed by atoms with E-state index >= 15 is 0 Å². The van der Waals surface area contributed by atoms with Crippen molar-refractivity contribution in [1.82, 2.24) is 4.90 Å². The van der Waals surface area contributed by atoms with Crippen LogP contribution < -0.4 is 5.73 Å². The molecule has 0 saturated heterocycles. The third kappa shape index (κ3) is 4.29. The lowest BCUT2D eigenvalue weighted by molar-refractivity contribution is -0.132. The van der Waals surface area contributed by atoms with Crippen molar-refractivity contribution >= 4 is 5.91 Å². The molecule has 0 bridgehead atoms. The molecule has 0 aliphatic carbocycles. The van der Waals surface area contributed by atoms with Gasteiger partial charge in [-0.05, 0) is 12.8 Å². The van der Waals surface area contributed by atoms with E-state index in [1.807, 2.05) is 6.92 Å². The largest absolute Gasteiger partial charge is 0.341 e. The first kappa shape index (κ1) is 13.0. The SMILES string of the molecule is C#CCC(N)C(=O)N(CC)CC(C)C. The molecule has 1 atom stereocenters. The predicted octanol–water partition coefficient (Wildman–Crippen LogP) is 0.841. The van der Waals surface area contributed by atoms with Gasteiger partial charge in [-0.15, -0.1) is 12.3 Å². The smallest absolute Gasteiger partial charge is 0.240 e. The van der Waals surface area contributed by atoms with Crippen LogP contribution in [0.15, 0.2) is 0 Å². The van der Waals surface area contributed by atoms with Crippen molar-refractivity contribution in [3.63, 3.8) is 0 Å². The lowest BCUT2D eigenvalue weighted by atomic mass is 10.1. The standard InChI is InChI=1S/C11H20N2O/c1-5-7-10(12)11(14)13(6-2)8-9(3)4/h1,9-10H,6-8,12H2,2-4H3. The Balaban J connectivity index is 4.24. The number of carbonyl (C=O) groups excluding carboxylic acids is 1. The lowest BCUT2D eigenvalue weighted by Crippen LogP contribution is -2.44. The number of hydrogen-bond acceptors (Lipinski definition) is 2. The van der Waals surface area contributed by atoms with Gasteiger partial charge in [-0.2, -0.15) is 0 Å². The predicted molar refractivity (Wildman–Crippen MR) is 58.5 cm³/mol. The molecule has 0 aliphatic rings. The van der Waals surface area contributed by atoms with Gasteiger partial charge in [0.25, 0.3) is 0 Å². The summed E-state index contributed by atoms with van der Waals surface area (Å²) in [6.07, 6.45) is 5.42. The fraction of sp³-hybridized carbons (Fsp3) is 0.727. The molecule has 3 heteroatoms. The van der Waals surface area contributed by atoms with E-state index in [1.165, 1.54) is 0 Å². The number of amides is 1. The molecule has 2 N–H and O–H groups in total. The van der Waals surface area contributed by atoms with Crippen LogP contribution in [-0.4, -0.2) is 29.9 Å². The van der Waals surface area contributed by atoms with Gasteiger partial charge in [0.05, 0.1) is 6.04 Å². The van der Waals surface area contributed by atoms with Crippen molar-refractivity contribution in [3.05, 3.63) is 0 Å². The van der Waals surface area contributed by atoms with Gasteiger partial charge in [-0.1, -0.05) is 13.8 Å². The Hall–Kier alpha value is -1.01. The van der Waals surface area contributed by atoms with Crippen molar-refractivity contribution in [1.29, 1.82) is 0 Å². The summed E-state index contributed by atoms with van der Waals surface area (Å²) in [6, 6.07) is -0.543. The topological polar surface area (TPSA) is 46.3 Å². The summed E-state index contributed by atoms with van der Waals surface area (Å²) >= 11 is 0. The van der Waals surface area contributed by atoms with Gasteiger partial charge >= 0.3 is 0 Å². The van der Waals surface area contributed by atoms with E-state index in [0.29, 0.717) is 18.9 Å². The fourth-order valence-electron chi connectivity index (χ4n) is 1.26. The van der Waals surface area contributed by atoms with E-state index in [2.05, 4.69) is 19.8 Å². The molecule has 0 saturated carbocycles. The second-order valence-electron chi connectivity index (χ2n) is 3.79. The van der Waals surface area contributed by atoms with Crippen molar-refractivity contribution in [2.24, 2.45) is 11.7 Å². The average Bonchev–Trinajstić information content (AvgIpc) is 2.13. The normalized spacial score (nSPS) is 12.3. The van der Waals surface area contributed by atoms with E-state index in [4.69, 9.17) is 12.2 Å². The van der Waals surface area contributed by atoms with E-state index in [1.54, 1.807) is 4.90 Å². The van der Waals surface area contributed by atoms with E-state index in [0.717, 1.165) is 6.54 Å². The Morgan fingerprint density at radius 2 is 2.14 bits per heavy atom. The number of hydrogen-bond donors (Lipinski definition) is 1. The molecular formula is C11H20N2O. The minimum absolute atomic E-state index is 0.0425. The first-order valence-electron chi connectivity index (χ1n) is 5.00. The highest BCUT2D eigenvalue weighted by Gasteiger charge is 2.19. The zero-order valence-electron chi connectivity index (χ0n) is 9.29. The molecule has 0 heterocycles. The molecule has 0 rings (SSSR count). The third-order valence-electron chi connectivity index (χ3n) is 1.93. The van der Waals surface area contributed by atoms with Crippen LogP contribution in [0, 0.1) is 18.3 Å². The molecule has 3 nitrogen and oxygen atoms in total. The molecule has 1 unspecified atom stereocenters. The van der Waals surface area contributed by atoms with Crippen LogP contribution in [0.5, 0.6) is 0 Å². The second-order valence-corrected chi connectivity index (χ2v) is 3.79. The minimum Gasteiger partial charge on any atom is -0.341 e. The van der Waals surface area contributed by atoms with Crippen molar-refractivity contribution in [3.8, 4) is 12.3 Å². The summed E-state index contributed by atoms with van der Waals surface area (Å²) in [5.74, 6) is 2.82. The number of carbonyl (C=O) groups is 1. The number of nitrogens with zero attached hydrogens (tertiary/aromatic N) is 1. The summed E-state index contributed by atoms with van der Waals surface area (Å²) in [5.41, 5.74) is 5.65. The van der Waals surface area contributed by atoms with E-state index in [-0.39, 0.29) is 5.91 Å². The quantitative estimate of drug-likeness (QED) is 0.662. The summed E-state index contributed by atoms with van der Waals surface area (Å²) < 4.78 is 0. The summed E-state index contributed by atoms with van der Waals surface area (Å²) in [5, 5.41) is 0. The van der Waals surface area contributed by atoms with Gasteiger partial charge in [0.1, 0.15) is 0 Å². The Morgan fingerprint density at radius 3 is 2.50 bits per heavy atom. The van der Waals surface area contributed by atoms with E-state index in [9.17, 15) is 4.79 Å². The molecule has 0 aliphatic heterocycles. The maximum absolute atomic E-state index is 11.7. The third-order valence-corrected chi connectivity index (χ3v) is 1.93. The van der Waals surface area contributed by atoms with Crippen LogP contribution in [0.1, 0.15) is 27.2 Å². The van der Waals surface area contributed by atoms with Crippen molar-refractivity contribution < 1.29 is 4.79 Å². The van der Waals surface area contributed by atoms with Crippen molar-refractivity contribution in [2.75, 3.05) is 13.1 Å². The summed E-state index contributed by atoms with van der Waals surface area (Å²) in [7, 11) is 0. The first-order chi connectivity index (χ1) is 6.52. The number of likely N-dealkylation sites (N-methyl/N-ethyl adjacent to an activating group) is 1. The average molecular weight is 196 g/mol. The molecule has 14 heavy (non-hydrogen) atoms. The maximum atomic E-state index is 11.7. The molecule has 0 aromatic carbocycles. The minimum atomic E-state index is -0.543. The van der Waals surface area contributed by atoms with Crippen LogP contribution in [0.4, 0.5) is 0 Å². The van der Waals surface area contributed by atoms with Crippen LogP contribution in [0.2, 0.25) is 0 Å². The molecule has 0 spiro atoms. The van der Waals surface area contributed by atoms with Crippen molar-refractivity contribution in [2.45, 2.75) is 33.2 Å². The first-order valence-corrected chi connectivity index (χ1v) is 5.00. The maximum Gasteiger partial charge on any atom is 0.240 e. The van der Waals surface area contributed by atoms with Gasteiger partial charge < -0.3 is 10.6 Å². The van der Waals surface area contributed by atoms with Gasteiger partial charge in [-0.3, -0.25) is 4.79 Å². The Labute approximate surface area is 86.6 Å². The highest BCUT2D eigenvalue weighted by Crippen LogP contribution is 2.02. The Morgan fingerprint density at radius 1 is 1.57 bits per heavy atom. The lowest BCUT2D eigenvalue weighted by Gasteiger charge is -2.25. The zero-order chi connectivity index (χ0) is 11.1. The van der Waals surface area contributed by atoms with E-state index < -0.39 is 6.04 Å². The molecule has 0 aromatic rings. The Kier molecular flexibility index (Phi) is 5.98. The zero-order valence-corrected chi connectivity index (χ0v) is 9.29. The fourth-order valence-corrected chi connectivity index (χ4v) is 1.26. The summed E-state index contributed by atoms with van der Waals surface area (Å²) in [6.45, 7) is 7.52. The molecule has 1 amide bonds. The monoisotopic (exact) mass is 196 g/mol. The number of rotatable bonds is 5.